The van der Waals surface area contributed by atoms with Crippen molar-refractivity contribution in [3.8, 4) is 0 Å². The maximum atomic E-state index is 5.59. The van der Waals surface area contributed by atoms with Gasteiger partial charge in [-0.15, -0.1) is 0 Å². The monoisotopic (exact) mass is 224 g/mol. The number of nitrogens with zero attached hydrogens (tertiary/aromatic N) is 1. The Morgan fingerprint density at radius 2 is 2.20 bits per heavy atom. The van der Waals surface area contributed by atoms with Gasteiger partial charge in [0.2, 0.25) is 0 Å². The predicted octanol–water partition coefficient (Wildman–Crippen LogP) is 3.31. The number of anilines is 2. The van der Waals surface area contributed by atoms with Crippen LogP contribution in [0.4, 0.5) is 11.4 Å². The predicted molar refractivity (Wildman–Crippen MR) is 68.9 cm³/mol. The molecule has 0 aliphatic rings. The van der Waals surface area contributed by atoms with E-state index in [2.05, 4.69) is 28.4 Å². The Hall–Kier alpha value is -1.15. The summed E-state index contributed by atoms with van der Waals surface area (Å²) in [7, 11) is 4.06. The van der Waals surface area contributed by atoms with E-state index >= 15 is 0 Å². The van der Waals surface area contributed by atoms with Crippen LogP contribution in [0, 0.1) is 0 Å². The van der Waals surface area contributed by atoms with Gasteiger partial charge < -0.3 is 10.2 Å². The zero-order valence-corrected chi connectivity index (χ0v) is 10.2. The van der Waals surface area contributed by atoms with Gasteiger partial charge in [0, 0.05) is 37.6 Å². The third-order valence-electron chi connectivity index (χ3n) is 2.12. The first-order chi connectivity index (χ1) is 7.13. The molecule has 0 amide bonds. The lowest BCUT2D eigenvalue weighted by Gasteiger charge is -2.14. The van der Waals surface area contributed by atoms with Crippen LogP contribution in [0.15, 0.2) is 35.4 Å². The molecule has 82 valence electrons. The molecular formula is C12H17ClN2. The molecule has 15 heavy (non-hydrogen) atoms. The van der Waals surface area contributed by atoms with Crippen molar-refractivity contribution in [3.05, 3.63) is 35.4 Å². The van der Waals surface area contributed by atoms with Crippen LogP contribution in [0.1, 0.15) is 6.92 Å². The molecule has 0 unspecified atom stereocenters. The Kier molecular flexibility index (Phi) is 4.50. The summed E-state index contributed by atoms with van der Waals surface area (Å²) in [5.74, 6) is 0. The van der Waals surface area contributed by atoms with Crippen LogP contribution in [0.2, 0.25) is 0 Å². The number of nitrogens with one attached hydrogen (secondary N) is 1. The zero-order valence-electron chi connectivity index (χ0n) is 9.42. The molecule has 0 saturated carbocycles. The topological polar surface area (TPSA) is 15.3 Å². The summed E-state index contributed by atoms with van der Waals surface area (Å²) < 4.78 is 0. The maximum absolute atomic E-state index is 5.59. The summed E-state index contributed by atoms with van der Waals surface area (Å²) in [5, 5.41) is 3.31. The molecule has 2 nitrogen and oxygen atoms in total. The number of hydrogen-bond donors (Lipinski definition) is 1. The van der Waals surface area contributed by atoms with Gasteiger partial charge in [-0.05, 0) is 30.7 Å². The molecule has 0 fully saturated rings. The molecule has 1 N–H and O–H groups in total. The number of rotatable bonds is 4. The highest BCUT2D eigenvalue weighted by Gasteiger charge is 1.97. The lowest BCUT2D eigenvalue weighted by molar-refractivity contribution is 1.13. The summed E-state index contributed by atoms with van der Waals surface area (Å²) in [6, 6.07) is 8.28. The van der Waals surface area contributed by atoms with Gasteiger partial charge in [0.15, 0.2) is 0 Å². The fraction of sp³-hybridized carbons (Fsp3) is 0.333. The minimum atomic E-state index is 0.778. The van der Waals surface area contributed by atoms with Crippen molar-refractivity contribution in [1.29, 1.82) is 0 Å². The summed E-state index contributed by atoms with van der Waals surface area (Å²) in [5.41, 5.74) is 5.02. The summed E-state index contributed by atoms with van der Waals surface area (Å²) >= 11 is 5.59. The molecule has 3 heteroatoms. The van der Waals surface area contributed by atoms with Crippen molar-refractivity contribution < 1.29 is 0 Å². The average Bonchev–Trinajstić information content (AvgIpc) is 2.26. The molecule has 0 saturated heterocycles. The van der Waals surface area contributed by atoms with Gasteiger partial charge in [0.05, 0.1) is 0 Å². The molecule has 0 heterocycles. The fourth-order valence-corrected chi connectivity index (χ4v) is 1.25. The summed E-state index contributed by atoms with van der Waals surface area (Å²) in [4.78, 5) is 2.08. The van der Waals surface area contributed by atoms with E-state index in [1.165, 1.54) is 5.69 Å². The van der Waals surface area contributed by atoms with Crippen molar-refractivity contribution in [1.82, 2.24) is 0 Å². The van der Waals surface area contributed by atoms with Gasteiger partial charge in [0.1, 0.15) is 0 Å². The lowest BCUT2D eigenvalue weighted by Crippen LogP contribution is -2.09. The molecule has 1 aromatic rings. The maximum Gasteiger partial charge on any atom is 0.0381 e. The number of halogens is 1. The Morgan fingerprint density at radius 1 is 1.47 bits per heavy atom. The quantitative estimate of drug-likeness (QED) is 0.844. The first-order valence-corrected chi connectivity index (χ1v) is 5.34. The number of hydrogen-bond acceptors (Lipinski definition) is 2. The van der Waals surface area contributed by atoms with E-state index in [9.17, 15) is 0 Å². The second kappa shape index (κ2) is 5.66. The van der Waals surface area contributed by atoms with Crippen molar-refractivity contribution in [3.63, 3.8) is 0 Å². The van der Waals surface area contributed by atoms with Crippen LogP contribution in [0.25, 0.3) is 0 Å². The highest BCUT2D eigenvalue weighted by atomic mass is 35.5. The summed E-state index contributed by atoms with van der Waals surface area (Å²) in [6.45, 7) is 2.77. The van der Waals surface area contributed by atoms with Crippen LogP contribution >= 0.6 is 11.6 Å². The van der Waals surface area contributed by atoms with Gasteiger partial charge in [-0.25, -0.2) is 0 Å². The van der Waals surface area contributed by atoms with Gasteiger partial charge in [-0.3, -0.25) is 0 Å². The van der Waals surface area contributed by atoms with Crippen LogP contribution < -0.4 is 10.2 Å². The van der Waals surface area contributed by atoms with Crippen LogP contribution in [0.3, 0.4) is 0 Å². The largest absolute Gasteiger partial charge is 0.381 e. The first-order valence-electron chi connectivity index (χ1n) is 4.90. The Labute approximate surface area is 96.5 Å². The molecule has 0 aliphatic heterocycles. The van der Waals surface area contributed by atoms with E-state index < -0.39 is 0 Å². The fourth-order valence-electron chi connectivity index (χ4n) is 1.17. The average molecular weight is 225 g/mol. The van der Waals surface area contributed by atoms with Gasteiger partial charge in [0.25, 0.3) is 0 Å². The van der Waals surface area contributed by atoms with Gasteiger partial charge >= 0.3 is 0 Å². The van der Waals surface area contributed by atoms with E-state index in [0.717, 1.165) is 17.8 Å². The molecule has 0 radical (unpaired) electrons. The van der Waals surface area contributed by atoms with E-state index in [4.69, 9.17) is 11.6 Å². The van der Waals surface area contributed by atoms with Crippen molar-refractivity contribution in [2.75, 3.05) is 30.9 Å². The molecule has 1 aromatic carbocycles. The van der Waals surface area contributed by atoms with E-state index in [1.54, 1.807) is 5.54 Å². The van der Waals surface area contributed by atoms with E-state index in [-0.39, 0.29) is 0 Å². The van der Waals surface area contributed by atoms with Crippen LogP contribution in [-0.2, 0) is 0 Å². The Morgan fingerprint density at radius 3 is 2.80 bits per heavy atom. The zero-order chi connectivity index (χ0) is 11.3. The van der Waals surface area contributed by atoms with Crippen molar-refractivity contribution in [2.45, 2.75) is 6.92 Å². The van der Waals surface area contributed by atoms with Crippen molar-refractivity contribution >= 4 is 23.0 Å². The third-order valence-corrected chi connectivity index (χ3v) is 2.49. The normalized spacial score (nSPS) is 11.3. The smallest absolute Gasteiger partial charge is 0.0381 e. The van der Waals surface area contributed by atoms with Crippen LogP contribution in [-0.4, -0.2) is 20.6 Å². The standard InChI is InChI=1S/C12H17ClN2/c1-10(8-13)9-14-11-5-4-6-12(7-11)15(2)3/h4-8,14H,9H2,1-3H3/b10-8+. The highest BCUT2D eigenvalue weighted by molar-refractivity contribution is 6.25. The van der Waals surface area contributed by atoms with Crippen LogP contribution in [0.5, 0.6) is 0 Å². The van der Waals surface area contributed by atoms with Gasteiger partial charge in [-0.1, -0.05) is 17.7 Å². The molecule has 0 aromatic heterocycles. The number of benzene rings is 1. The second-order valence-corrected chi connectivity index (χ2v) is 3.97. The highest BCUT2D eigenvalue weighted by Crippen LogP contribution is 2.17. The molecule has 0 aliphatic carbocycles. The molecule has 0 atom stereocenters. The van der Waals surface area contributed by atoms with E-state index in [0.29, 0.717) is 0 Å². The second-order valence-electron chi connectivity index (χ2n) is 3.75. The minimum Gasteiger partial charge on any atom is -0.381 e. The van der Waals surface area contributed by atoms with E-state index in [1.807, 2.05) is 27.1 Å². The SMILES string of the molecule is C/C(=C\Cl)CNc1cccc(N(C)C)c1. The van der Waals surface area contributed by atoms with Crippen molar-refractivity contribution in [2.24, 2.45) is 0 Å². The lowest BCUT2D eigenvalue weighted by atomic mass is 10.2. The molecular weight excluding hydrogens is 208 g/mol. The Balaban J connectivity index is 2.66. The third kappa shape index (κ3) is 3.84. The summed E-state index contributed by atoms with van der Waals surface area (Å²) in [6.07, 6.45) is 0. The molecule has 0 spiro atoms. The van der Waals surface area contributed by atoms with Gasteiger partial charge in [-0.2, -0.15) is 0 Å². The molecule has 0 bridgehead atoms. The Bertz CT molecular complexity index is 345. The molecule has 1 rings (SSSR count). The first kappa shape index (κ1) is 11.9. The minimum absolute atomic E-state index is 0.778.